The van der Waals surface area contributed by atoms with Crippen molar-refractivity contribution in [3.63, 3.8) is 0 Å². The van der Waals surface area contributed by atoms with Crippen LogP contribution in [0.2, 0.25) is 0 Å². The first-order valence-corrected chi connectivity index (χ1v) is 6.25. The van der Waals surface area contributed by atoms with E-state index >= 15 is 0 Å². The number of piperidine rings is 1. The van der Waals surface area contributed by atoms with Crippen molar-refractivity contribution in [2.24, 2.45) is 5.92 Å². The van der Waals surface area contributed by atoms with Gasteiger partial charge in [-0.15, -0.1) is 0 Å². The highest BCUT2D eigenvalue weighted by atomic mass is 16.3. The van der Waals surface area contributed by atoms with Gasteiger partial charge in [0.15, 0.2) is 0 Å². The third-order valence-electron chi connectivity index (χ3n) is 3.39. The molecule has 2 heterocycles. The average molecular weight is 236 g/mol. The fourth-order valence-electron chi connectivity index (χ4n) is 2.51. The molecule has 1 fully saturated rings. The maximum Gasteiger partial charge on any atom is 0.134 e. The molecule has 1 saturated heterocycles. The Labute approximate surface area is 102 Å². The summed E-state index contributed by atoms with van der Waals surface area (Å²) >= 11 is 0. The number of pyridine rings is 1. The number of anilines is 1. The van der Waals surface area contributed by atoms with Gasteiger partial charge >= 0.3 is 0 Å². The molecule has 1 aliphatic rings. The van der Waals surface area contributed by atoms with Crippen LogP contribution >= 0.6 is 0 Å². The van der Waals surface area contributed by atoms with Crippen molar-refractivity contribution in [1.82, 2.24) is 4.98 Å². The zero-order chi connectivity index (χ0) is 12.1. The predicted molar refractivity (Wildman–Crippen MR) is 66.8 cm³/mol. The maximum atomic E-state index is 9.31. The number of aliphatic hydroxyl groups is 2. The Morgan fingerprint density at radius 1 is 1.41 bits per heavy atom. The van der Waals surface area contributed by atoms with Crippen molar-refractivity contribution < 1.29 is 10.2 Å². The van der Waals surface area contributed by atoms with Gasteiger partial charge in [-0.25, -0.2) is 4.98 Å². The van der Waals surface area contributed by atoms with Crippen LogP contribution in [0.4, 0.5) is 5.82 Å². The van der Waals surface area contributed by atoms with E-state index < -0.39 is 0 Å². The van der Waals surface area contributed by atoms with Gasteiger partial charge in [-0.1, -0.05) is 6.07 Å². The second-order valence-electron chi connectivity index (χ2n) is 4.61. The van der Waals surface area contributed by atoms with E-state index in [0.717, 1.165) is 37.3 Å². The number of aromatic nitrogens is 1. The molecule has 1 unspecified atom stereocenters. The van der Waals surface area contributed by atoms with E-state index in [1.165, 1.54) is 6.42 Å². The van der Waals surface area contributed by atoms with Gasteiger partial charge in [0.1, 0.15) is 5.82 Å². The van der Waals surface area contributed by atoms with Gasteiger partial charge < -0.3 is 15.1 Å². The summed E-state index contributed by atoms with van der Waals surface area (Å²) in [5.41, 5.74) is 0.886. The number of nitrogens with zero attached hydrogens (tertiary/aromatic N) is 2. The van der Waals surface area contributed by atoms with Crippen molar-refractivity contribution in [1.29, 1.82) is 0 Å². The quantitative estimate of drug-likeness (QED) is 0.824. The lowest BCUT2D eigenvalue weighted by atomic mass is 9.95. The van der Waals surface area contributed by atoms with Crippen LogP contribution in [0.1, 0.15) is 24.8 Å². The zero-order valence-electron chi connectivity index (χ0n) is 10.0. The number of hydrogen-bond acceptors (Lipinski definition) is 4. The first kappa shape index (κ1) is 12.3. The number of aliphatic hydroxyl groups excluding tert-OH is 2. The molecular formula is C13H20N2O2. The third kappa shape index (κ3) is 2.96. The maximum absolute atomic E-state index is 9.31. The lowest BCUT2D eigenvalue weighted by Crippen LogP contribution is -2.36. The largest absolute Gasteiger partial charge is 0.396 e. The van der Waals surface area contributed by atoms with E-state index in [1.807, 2.05) is 12.1 Å². The Morgan fingerprint density at radius 2 is 2.29 bits per heavy atom. The van der Waals surface area contributed by atoms with E-state index in [0.29, 0.717) is 5.92 Å². The first-order valence-electron chi connectivity index (χ1n) is 6.25. The van der Waals surface area contributed by atoms with E-state index in [9.17, 15) is 5.11 Å². The molecule has 0 radical (unpaired) electrons. The topological polar surface area (TPSA) is 56.6 Å². The summed E-state index contributed by atoms with van der Waals surface area (Å²) in [6, 6.07) is 3.77. The SMILES string of the molecule is OCCC1CCCN(c2ncccc2CO)C1. The minimum atomic E-state index is 0.0321. The van der Waals surface area contributed by atoms with Crippen molar-refractivity contribution >= 4 is 5.82 Å². The lowest BCUT2D eigenvalue weighted by molar-refractivity contribution is 0.243. The fraction of sp³-hybridized carbons (Fsp3) is 0.615. The summed E-state index contributed by atoms with van der Waals surface area (Å²) in [7, 11) is 0. The zero-order valence-corrected chi connectivity index (χ0v) is 10.0. The average Bonchev–Trinajstić information content (AvgIpc) is 2.39. The Balaban J connectivity index is 2.10. The van der Waals surface area contributed by atoms with Crippen molar-refractivity contribution in [3.05, 3.63) is 23.9 Å². The van der Waals surface area contributed by atoms with Crippen LogP contribution in [0, 0.1) is 5.92 Å². The molecule has 2 rings (SSSR count). The molecule has 1 aromatic heterocycles. The number of rotatable bonds is 4. The lowest BCUT2D eigenvalue weighted by Gasteiger charge is -2.34. The Bertz CT molecular complexity index is 355. The van der Waals surface area contributed by atoms with Crippen LogP contribution in [-0.4, -0.2) is 34.9 Å². The summed E-state index contributed by atoms with van der Waals surface area (Å²) in [6.45, 7) is 2.22. The van der Waals surface area contributed by atoms with Crippen LogP contribution in [-0.2, 0) is 6.61 Å². The molecule has 4 heteroatoms. The van der Waals surface area contributed by atoms with Gasteiger partial charge in [0, 0.05) is 31.5 Å². The first-order chi connectivity index (χ1) is 8.35. The number of hydrogen-bond donors (Lipinski definition) is 2. The molecule has 17 heavy (non-hydrogen) atoms. The molecule has 1 aliphatic heterocycles. The predicted octanol–water partition coefficient (Wildman–Crippen LogP) is 1.17. The van der Waals surface area contributed by atoms with Gasteiger partial charge in [0.2, 0.25) is 0 Å². The van der Waals surface area contributed by atoms with Gasteiger partial charge in [0.05, 0.1) is 6.61 Å². The molecule has 94 valence electrons. The summed E-state index contributed by atoms with van der Waals surface area (Å²) in [4.78, 5) is 6.60. The van der Waals surface area contributed by atoms with Crippen molar-refractivity contribution in [2.75, 3.05) is 24.6 Å². The molecule has 0 bridgehead atoms. The Hall–Kier alpha value is -1.13. The van der Waals surface area contributed by atoms with E-state index in [1.54, 1.807) is 6.20 Å². The smallest absolute Gasteiger partial charge is 0.134 e. The molecule has 1 aromatic rings. The molecule has 0 spiro atoms. The summed E-state index contributed by atoms with van der Waals surface area (Å²) < 4.78 is 0. The minimum Gasteiger partial charge on any atom is -0.396 e. The van der Waals surface area contributed by atoms with E-state index in [-0.39, 0.29) is 13.2 Å². The molecule has 0 aromatic carbocycles. The molecule has 0 saturated carbocycles. The van der Waals surface area contributed by atoms with Crippen LogP contribution in [0.15, 0.2) is 18.3 Å². The fourth-order valence-corrected chi connectivity index (χ4v) is 2.51. The van der Waals surface area contributed by atoms with Crippen molar-refractivity contribution in [2.45, 2.75) is 25.9 Å². The van der Waals surface area contributed by atoms with Crippen LogP contribution < -0.4 is 4.90 Å². The summed E-state index contributed by atoms with van der Waals surface area (Å²) in [5, 5.41) is 18.3. The summed E-state index contributed by atoms with van der Waals surface area (Å²) in [6.07, 6.45) is 4.94. The second-order valence-corrected chi connectivity index (χ2v) is 4.61. The molecule has 1 atom stereocenters. The van der Waals surface area contributed by atoms with E-state index in [2.05, 4.69) is 9.88 Å². The normalized spacial score (nSPS) is 20.6. The summed E-state index contributed by atoms with van der Waals surface area (Å²) in [5.74, 6) is 1.44. The molecule has 4 nitrogen and oxygen atoms in total. The van der Waals surface area contributed by atoms with Crippen LogP contribution in [0.25, 0.3) is 0 Å². The Kier molecular flexibility index (Phi) is 4.34. The van der Waals surface area contributed by atoms with Crippen LogP contribution in [0.3, 0.4) is 0 Å². The highest BCUT2D eigenvalue weighted by molar-refractivity contribution is 5.46. The molecule has 2 N–H and O–H groups in total. The van der Waals surface area contributed by atoms with Crippen LogP contribution in [0.5, 0.6) is 0 Å². The molecule has 0 amide bonds. The highest BCUT2D eigenvalue weighted by Gasteiger charge is 2.21. The minimum absolute atomic E-state index is 0.0321. The molecule has 0 aliphatic carbocycles. The van der Waals surface area contributed by atoms with Gasteiger partial charge in [-0.05, 0) is 31.2 Å². The third-order valence-corrected chi connectivity index (χ3v) is 3.39. The highest BCUT2D eigenvalue weighted by Crippen LogP contribution is 2.25. The monoisotopic (exact) mass is 236 g/mol. The van der Waals surface area contributed by atoms with E-state index in [4.69, 9.17) is 5.11 Å². The second kappa shape index (κ2) is 5.98. The molecular weight excluding hydrogens is 216 g/mol. The standard InChI is InChI=1S/C13H20N2O2/c16-8-5-11-3-2-7-15(9-11)13-12(10-17)4-1-6-14-13/h1,4,6,11,16-17H,2-3,5,7-10H2. The van der Waals surface area contributed by atoms with Gasteiger partial charge in [-0.2, -0.15) is 0 Å². The van der Waals surface area contributed by atoms with Gasteiger partial charge in [-0.3, -0.25) is 0 Å². The van der Waals surface area contributed by atoms with Crippen molar-refractivity contribution in [3.8, 4) is 0 Å². The van der Waals surface area contributed by atoms with Gasteiger partial charge in [0.25, 0.3) is 0 Å². The Morgan fingerprint density at radius 3 is 3.06 bits per heavy atom.